The van der Waals surface area contributed by atoms with Crippen molar-refractivity contribution in [2.45, 2.75) is 6.92 Å². The fourth-order valence-electron chi connectivity index (χ4n) is 2.44. The van der Waals surface area contributed by atoms with Gasteiger partial charge in [0.05, 0.1) is 18.1 Å². The van der Waals surface area contributed by atoms with Crippen LogP contribution in [-0.2, 0) is 0 Å². The fraction of sp³-hybridized carbons (Fsp3) is 0.0588. The Morgan fingerprint density at radius 2 is 2.00 bits per heavy atom. The predicted molar refractivity (Wildman–Crippen MR) is 95.2 cm³/mol. The highest BCUT2D eigenvalue weighted by Crippen LogP contribution is 2.14. The highest BCUT2D eigenvalue weighted by molar-refractivity contribution is 7.11. The van der Waals surface area contributed by atoms with Gasteiger partial charge in [-0.2, -0.15) is 14.9 Å². The second kappa shape index (κ2) is 5.86. The Bertz CT molecular complexity index is 1080. The van der Waals surface area contributed by atoms with Crippen LogP contribution < -0.4 is 5.56 Å². The standard InChI is InChI=1S/C17H13N5OS/c1-12-20-16-15(11-19-22(16)13-6-3-2-4-7-13)17(23)21(12)18-10-14-8-5-9-24-14/h2-11H,1H3/b18-10-. The van der Waals surface area contributed by atoms with Crippen molar-refractivity contribution in [1.82, 2.24) is 19.4 Å². The molecule has 3 heterocycles. The normalized spacial score (nSPS) is 11.5. The minimum atomic E-state index is -0.229. The lowest BCUT2D eigenvalue weighted by atomic mass is 10.3. The van der Waals surface area contributed by atoms with Crippen molar-refractivity contribution in [2.75, 3.05) is 0 Å². The van der Waals surface area contributed by atoms with Crippen LogP contribution in [0.4, 0.5) is 0 Å². The number of rotatable bonds is 3. The van der Waals surface area contributed by atoms with Crippen molar-refractivity contribution in [3.8, 4) is 5.69 Å². The highest BCUT2D eigenvalue weighted by Gasteiger charge is 2.13. The van der Waals surface area contributed by atoms with E-state index >= 15 is 0 Å². The first-order valence-electron chi connectivity index (χ1n) is 7.35. The number of hydrogen-bond donors (Lipinski definition) is 0. The van der Waals surface area contributed by atoms with Crippen molar-refractivity contribution in [3.05, 3.63) is 75.1 Å². The molecule has 4 aromatic rings. The molecule has 0 N–H and O–H groups in total. The van der Waals surface area contributed by atoms with Crippen LogP contribution in [0, 0.1) is 6.92 Å². The monoisotopic (exact) mass is 335 g/mol. The van der Waals surface area contributed by atoms with E-state index in [4.69, 9.17) is 0 Å². The van der Waals surface area contributed by atoms with Crippen molar-refractivity contribution in [2.24, 2.45) is 5.10 Å². The molecule has 0 aliphatic carbocycles. The van der Waals surface area contributed by atoms with Gasteiger partial charge in [-0.1, -0.05) is 24.3 Å². The van der Waals surface area contributed by atoms with Crippen molar-refractivity contribution >= 4 is 28.6 Å². The first-order valence-corrected chi connectivity index (χ1v) is 8.23. The lowest BCUT2D eigenvalue weighted by Gasteiger charge is -2.05. The third kappa shape index (κ3) is 2.44. The Kier molecular flexibility index (Phi) is 3.55. The number of aryl methyl sites for hydroxylation is 1. The van der Waals surface area contributed by atoms with Crippen LogP contribution in [0.1, 0.15) is 10.7 Å². The Morgan fingerprint density at radius 1 is 1.17 bits per heavy atom. The van der Waals surface area contributed by atoms with Crippen LogP contribution in [0.3, 0.4) is 0 Å². The summed E-state index contributed by atoms with van der Waals surface area (Å²) < 4.78 is 2.97. The molecule has 0 bridgehead atoms. The molecule has 3 aromatic heterocycles. The van der Waals surface area contributed by atoms with Crippen molar-refractivity contribution in [3.63, 3.8) is 0 Å². The van der Waals surface area contributed by atoms with Crippen LogP contribution in [0.15, 0.2) is 63.9 Å². The largest absolute Gasteiger partial charge is 0.285 e. The van der Waals surface area contributed by atoms with E-state index in [9.17, 15) is 4.79 Å². The van der Waals surface area contributed by atoms with Crippen LogP contribution in [0.2, 0.25) is 0 Å². The zero-order chi connectivity index (χ0) is 16.5. The molecule has 0 amide bonds. The molecule has 0 saturated carbocycles. The van der Waals surface area contributed by atoms with Gasteiger partial charge in [0.15, 0.2) is 5.65 Å². The summed E-state index contributed by atoms with van der Waals surface area (Å²) in [6.07, 6.45) is 3.20. The van der Waals surface area contributed by atoms with E-state index in [0.717, 1.165) is 10.6 Å². The van der Waals surface area contributed by atoms with Crippen LogP contribution in [-0.4, -0.2) is 25.7 Å². The summed E-state index contributed by atoms with van der Waals surface area (Å²) in [5.41, 5.74) is 1.16. The average Bonchev–Trinajstić information content (AvgIpc) is 3.25. The molecule has 0 aliphatic rings. The SMILES string of the molecule is Cc1nc2c(cnn2-c2ccccc2)c(=O)n1/N=C\c1cccs1. The summed E-state index contributed by atoms with van der Waals surface area (Å²) in [6.45, 7) is 1.76. The third-order valence-corrected chi connectivity index (χ3v) is 4.39. The van der Waals surface area contributed by atoms with Gasteiger partial charge < -0.3 is 0 Å². The van der Waals surface area contributed by atoms with E-state index in [1.807, 2.05) is 47.8 Å². The second-order valence-electron chi connectivity index (χ2n) is 5.17. The van der Waals surface area contributed by atoms with E-state index in [2.05, 4.69) is 15.2 Å². The van der Waals surface area contributed by atoms with Gasteiger partial charge in [-0.3, -0.25) is 4.79 Å². The predicted octanol–water partition coefficient (Wildman–Crippen LogP) is 2.83. The number of aromatic nitrogens is 4. The Labute approximate surface area is 141 Å². The summed E-state index contributed by atoms with van der Waals surface area (Å²) in [6, 6.07) is 13.5. The van der Waals surface area contributed by atoms with Crippen LogP contribution in [0.25, 0.3) is 16.7 Å². The molecule has 0 unspecified atom stereocenters. The molecule has 24 heavy (non-hydrogen) atoms. The second-order valence-corrected chi connectivity index (χ2v) is 6.14. The van der Waals surface area contributed by atoms with Gasteiger partial charge in [0, 0.05) is 4.88 Å². The van der Waals surface area contributed by atoms with E-state index < -0.39 is 0 Å². The topological polar surface area (TPSA) is 65.1 Å². The smallest absolute Gasteiger partial charge is 0.266 e. The van der Waals surface area contributed by atoms with Gasteiger partial charge >= 0.3 is 0 Å². The summed E-state index contributed by atoms with van der Waals surface area (Å²) in [5, 5.41) is 11.0. The lowest BCUT2D eigenvalue weighted by molar-refractivity contribution is 0.765. The molecule has 1 aromatic carbocycles. The molecule has 0 aliphatic heterocycles. The van der Waals surface area contributed by atoms with Gasteiger partial charge in [-0.05, 0) is 30.5 Å². The fourth-order valence-corrected chi connectivity index (χ4v) is 3.02. The minimum absolute atomic E-state index is 0.229. The van der Waals surface area contributed by atoms with Crippen molar-refractivity contribution < 1.29 is 0 Å². The third-order valence-electron chi connectivity index (χ3n) is 3.59. The molecular formula is C17H13N5OS. The number of benzene rings is 1. The molecule has 0 fully saturated rings. The number of para-hydroxylation sites is 1. The average molecular weight is 335 g/mol. The van der Waals surface area contributed by atoms with E-state index in [-0.39, 0.29) is 5.56 Å². The first kappa shape index (κ1) is 14.5. The zero-order valence-corrected chi connectivity index (χ0v) is 13.6. The van der Waals surface area contributed by atoms with Gasteiger partial charge in [0.1, 0.15) is 11.2 Å². The molecule has 0 radical (unpaired) electrons. The number of hydrogen-bond acceptors (Lipinski definition) is 5. The van der Waals surface area contributed by atoms with E-state index in [0.29, 0.717) is 16.9 Å². The molecular weight excluding hydrogens is 322 g/mol. The Morgan fingerprint density at radius 3 is 2.75 bits per heavy atom. The number of fused-ring (bicyclic) bond motifs is 1. The van der Waals surface area contributed by atoms with Crippen LogP contribution in [0.5, 0.6) is 0 Å². The van der Waals surface area contributed by atoms with Crippen LogP contribution >= 0.6 is 11.3 Å². The minimum Gasteiger partial charge on any atom is -0.266 e. The summed E-state index contributed by atoms with van der Waals surface area (Å²) >= 11 is 1.56. The lowest BCUT2D eigenvalue weighted by Crippen LogP contribution is -2.20. The molecule has 7 heteroatoms. The maximum atomic E-state index is 12.7. The molecule has 118 valence electrons. The van der Waals surface area contributed by atoms with Gasteiger partial charge in [0.2, 0.25) is 0 Å². The van der Waals surface area contributed by atoms with Gasteiger partial charge in [0.25, 0.3) is 5.56 Å². The number of thiophene rings is 1. The quantitative estimate of drug-likeness (QED) is 0.541. The zero-order valence-electron chi connectivity index (χ0n) is 12.8. The summed E-state index contributed by atoms with van der Waals surface area (Å²) in [4.78, 5) is 18.2. The highest BCUT2D eigenvalue weighted by atomic mass is 32.1. The summed E-state index contributed by atoms with van der Waals surface area (Å²) in [7, 11) is 0. The summed E-state index contributed by atoms with van der Waals surface area (Å²) in [5.74, 6) is 0.512. The van der Waals surface area contributed by atoms with E-state index in [1.54, 1.807) is 29.2 Å². The number of nitrogens with zero attached hydrogens (tertiary/aromatic N) is 5. The molecule has 6 nitrogen and oxygen atoms in total. The maximum absolute atomic E-state index is 12.7. The van der Waals surface area contributed by atoms with Crippen molar-refractivity contribution in [1.29, 1.82) is 0 Å². The molecule has 4 rings (SSSR count). The molecule has 0 spiro atoms. The Hall–Kier alpha value is -3.06. The molecule has 0 atom stereocenters. The van der Waals surface area contributed by atoms with Gasteiger partial charge in [-0.15, -0.1) is 11.3 Å². The first-order chi connectivity index (χ1) is 11.7. The van der Waals surface area contributed by atoms with Gasteiger partial charge in [-0.25, -0.2) is 9.67 Å². The maximum Gasteiger partial charge on any atom is 0.285 e. The van der Waals surface area contributed by atoms with E-state index in [1.165, 1.54) is 10.9 Å². The Balaban J connectivity index is 1.86. The molecule has 0 saturated heterocycles.